The Bertz CT molecular complexity index is 723. The molecule has 0 radical (unpaired) electrons. The molecule has 1 heterocycles. The molecule has 0 spiro atoms. The lowest BCUT2D eigenvalue weighted by atomic mass is 10.3. The van der Waals surface area contributed by atoms with Crippen molar-refractivity contribution in [3.05, 3.63) is 41.6 Å². The van der Waals surface area contributed by atoms with Crippen LogP contribution in [0.2, 0.25) is 0 Å². The summed E-state index contributed by atoms with van der Waals surface area (Å²) >= 11 is 0. The number of rotatable bonds is 4. The number of hydrogen-bond donors (Lipinski definition) is 2. The molecule has 1 aromatic carbocycles. The van der Waals surface area contributed by atoms with Crippen LogP contribution in [0.25, 0.3) is 0 Å². The Morgan fingerprint density at radius 1 is 1.35 bits per heavy atom. The summed E-state index contributed by atoms with van der Waals surface area (Å²) in [5.41, 5.74) is 6.06. The van der Waals surface area contributed by atoms with Gasteiger partial charge in [-0.05, 0) is 12.1 Å². The van der Waals surface area contributed by atoms with Crippen LogP contribution in [0.1, 0.15) is 5.56 Å². The lowest BCUT2D eigenvalue weighted by Crippen LogP contribution is -2.25. The van der Waals surface area contributed by atoms with Gasteiger partial charge in [0.05, 0.1) is 6.20 Å². The second kappa shape index (κ2) is 5.17. The molecular weight excluding hydrogens is 290 g/mol. The largest absolute Gasteiger partial charge is 0.384 e. The van der Waals surface area contributed by atoms with Gasteiger partial charge in [-0.25, -0.2) is 21.9 Å². The van der Waals surface area contributed by atoms with Crippen LogP contribution in [0.5, 0.6) is 0 Å². The molecule has 9 heteroatoms. The van der Waals surface area contributed by atoms with Crippen LogP contribution in [0.15, 0.2) is 29.3 Å². The van der Waals surface area contributed by atoms with Gasteiger partial charge in [-0.15, -0.1) is 0 Å². The smallest absolute Gasteiger partial charge is 0.246 e. The highest BCUT2D eigenvalue weighted by molar-refractivity contribution is 7.89. The van der Waals surface area contributed by atoms with Crippen molar-refractivity contribution in [1.29, 1.82) is 0 Å². The zero-order valence-corrected chi connectivity index (χ0v) is 11.3. The molecule has 0 bridgehead atoms. The average Bonchev–Trinajstić information content (AvgIpc) is 2.67. The summed E-state index contributed by atoms with van der Waals surface area (Å²) in [6, 6.07) is 2.83. The number of benzene rings is 1. The minimum absolute atomic E-state index is 0.213. The van der Waals surface area contributed by atoms with Crippen molar-refractivity contribution >= 4 is 15.8 Å². The SMILES string of the molecule is Cn1ncc(CNS(=O)(=O)c2c(F)cccc2F)c1N. The second-order valence-corrected chi connectivity index (χ2v) is 5.76. The predicted molar refractivity (Wildman–Crippen MR) is 68.0 cm³/mol. The molecule has 1 aromatic heterocycles. The number of hydrogen-bond acceptors (Lipinski definition) is 4. The Balaban J connectivity index is 2.26. The van der Waals surface area contributed by atoms with Crippen LogP contribution in [0.4, 0.5) is 14.6 Å². The van der Waals surface area contributed by atoms with Gasteiger partial charge in [0, 0.05) is 19.2 Å². The van der Waals surface area contributed by atoms with E-state index >= 15 is 0 Å². The molecule has 0 saturated heterocycles. The van der Waals surface area contributed by atoms with E-state index < -0.39 is 26.6 Å². The normalized spacial score (nSPS) is 11.8. The third-order valence-electron chi connectivity index (χ3n) is 2.70. The number of nitrogens with one attached hydrogen (secondary N) is 1. The maximum Gasteiger partial charge on any atom is 0.246 e. The van der Waals surface area contributed by atoms with Gasteiger partial charge in [0.1, 0.15) is 17.5 Å². The van der Waals surface area contributed by atoms with Crippen LogP contribution in [0, 0.1) is 11.6 Å². The molecule has 0 aliphatic rings. The molecule has 3 N–H and O–H groups in total. The fraction of sp³-hybridized carbons (Fsp3) is 0.182. The van der Waals surface area contributed by atoms with E-state index in [2.05, 4.69) is 9.82 Å². The van der Waals surface area contributed by atoms with E-state index in [1.807, 2.05) is 0 Å². The summed E-state index contributed by atoms with van der Waals surface area (Å²) in [6.45, 7) is -0.213. The number of aromatic nitrogens is 2. The van der Waals surface area contributed by atoms with Crippen molar-refractivity contribution in [2.75, 3.05) is 5.73 Å². The topological polar surface area (TPSA) is 90.0 Å². The number of nitrogens with zero attached hydrogens (tertiary/aromatic N) is 2. The van der Waals surface area contributed by atoms with Crippen LogP contribution in [-0.4, -0.2) is 18.2 Å². The van der Waals surface area contributed by atoms with Crippen molar-refractivity contribution in [3.8, 4) is 0 Å². The fourth-order valence-electron chi connectivity index (χ4n) is 1.61. The van der Waals surface area contributed by atoms with E-state index in [1.54, 1.807) is 7.05 Å². The molecule has 0 saturated carbocycles. The number of nitrogen functional groups attached to an aromatic ring is 1. The van der Waals surface area contributed by atoms with E-state index in [9.17, 15) is 17.2 Å². The molecule has 108 valence electrons. The summed E-state index contributed by atoms with van der Waals surface area (Å²) in [6.07, 6.45) is 1.37. The zero-order chi connectivity index (χ0) is 14.9. The quantitative estimate of drug-likeness (QED) is 0.872. The molecule has 0 aliphatic carbocycles. The highest BCUT2D eigenvalue weighted by atomic mass is 32.2. The average molecular weight is 302 g/mol. The molecule has 0 atom stereocenters. The maximum absolute atomic E-state index is 13.5. The Morgan fingerprint density at radius 3 is 2.45 bits per heavy atom. The lowest BCUT2D eigenvalue weighted by molar-refractivity contribution is 0.514. The monoisotopic (exact) mass is 302 g/mol. The van der Waals surface area contributed by atoms with Crippen LogP contribution in [0.3, 0.4) is 0 Å². The van der Waals surface area contributed by atoms with E-state index in [0.717, 1.165) is 18.2 Å². The Labute approximate surface area is 114 Å². The summed E-state index contributed by atoms with van der Waals surface area (Å²) in [7, 11) is -2.73. The maximum atomic E-state index is 13.5. The molecule has 0 fully saturated rings. The van der Waals surface area contributed by atoms with Crippen molar-refractivity contribution in [3.63, 3.8) is 0 Å². The molecule has 20 heavy (non-hydrogen) atoms. The van der Waals surface area contributed by atoms with Gasteiger partial charge in [-0.1, -0.05) is 6.07 Å². The van der Waals surface area contributed by atoms with E-state index in [0.29, 0.717) is 5.56 Å². The number of sulfonamides is 1. The minimum atomic E-state index is -4.32. The Hall–Kier alpha value is -2.00. The zero-order valence-electron chi connectivity index (χ0n) is 10.5. The second-order valence-electron chi connectivity index (χ2n) is 4.05. The van der Waals surface area contributed by atoms with E-state index in [-0.39, 0.29) is 12.4 Å². The first-order valence-electron chi connectivity index (χ1n) is 5.53. The first-order valence-corrected chi connectivity index (χ1v) is 7.01. The summed E-state index contributed by atoms with van der Waals surface area (Å²) in [5, 5.41) is 3.83. The Morgan fingerprint density at radius 2 is 1.95 bits per heavy atom. The first kappa shape index (κ1) is 14.4. The molecule has 2 rings (SSSR count). The third-order valence-corrected chi connectivity index (χ3v) is 4.16. The van der Waals surface area contributed by atoms with Crippen molar-refractivity contribution in [1.82, 2.24) is 14.5 Å². The number of halogens is 2. The number of aryl methyl sites for hydroxylation is 1. The van der Waals surface area contributed by atoms with Gasteiger partial charge < -0.3 is 5.73 Å². The van der Waals surface area contributed by atoms with Gasteiger partial charge in [0.2, 0.25) is 10.0 Å². The first-order chi connectivity index (χ1) is 9.33. The lowest BCUT2D eigenvalue weighted by Gasteiger charge is -2.08. The van der Waals surface area contributed by atoms with Gasteiger partial charge >= 0.3 is 0 Å². The Kier molecular flexibility index (Phi) is 3.73. The predicted octanol–water partition coefficient (Wildman–Crippen LogP) is 0.759. The van der Waals surface area contributed by atoms with Gasteiger partial charge in [-0.2, -0.15) is 5.10 Å². The highest BCUT2D eigenvalue weighted by Crippen LogP contribution is 2.19. The fourth-order valence-corrected chi connectivity index (χ4v) is 2.75. The summed E-state index contributed by atoms with van der Waals surface area (Å²) in [4.78, 5) is -1.01. The van der Waals surface area contributed by atoms with Gasteiger partial charge in [0.15, 0.2) is 4.90 Å². The summed E-state index contributed by atoms with van der Waals surface area (Å²) in [5.74, 6) is -2.05. The molecule has 0 unspecified atom stereocenters. The molecule has 0 amide bonds. The molecule has 2 aromatic rings. The molecule has 0 aliphatic heterocycles. The van der Waals surface area contributed by atoms with E-state index in [1.165, 1.54) is 10.9 Å². The minimum Gasteiger partial charge on any atom is -0.384 e. The van der Waals surface area contributed by atoms with Crippen LogP contribution in [-0.2, 0) is 23.6 Å². The van der Waals surface area contributed by atoms with E-state index in [4.69, 9.17) is 5.73 Å². The van der Waals surface area contributed by atoms with Gasteiger partial charge in [0.25, 0.3) is 0 Å². The standard InChI is InChI=1S/C11H12F2N4O2S/c1-17-11(14)7(5-15-17)6-16-20(18,19)10-8(12)3-2-4-9(10)13/h2-5,16H,6,14H2,1H3. The number of anilines is 1. The van der Waals surface area contributed by atoms with Crippen LogP contribution < -0.4 is 10.5 Å². The molecule has 6 nitrogen and oxygen atoms in total. The van der Waals surface area contributed by atoms with Crippen molar-refractivity contribution in [2.45, 2.75) is 11.4 Å². The summed E-state index contributed by atoms with van der Waals surface area (Å²) < 4.78 is 54.2. The number of nitrogens with two attached hydrogens (primary N) is 1. The third kappa shape index (κ3) is 2.63. The van der Waals surface area contributed by atoms with Crippen molar-refractivity contribution < 1.29 is 17.2 Å². The van der Waals surface area contributed by atoms with Crippen LogP contribution >= 0.6 is 0 Å². The van der Waals surface area contributed by atoms with Crippen molar-refractivity contribution in [2.24, 2.45) is 7.05 Å². The highest BCUT2D eigenvalue weighted by Gasteiger charge is 2.23. The van der Waals surface area contributed by atoms with Gasteiger partial charge in [-0.3, -0.25) is 4.68 Å². The molecular formula is C11H12F2N4O2S.